The predicted molar refractivity (Wildman–Crippen MR) is 72.7 cm³/mol. The predicted octanol–water partition coefficient (Wildman–Crippen LogP) is 3.59. The summed E-state index contributed by atoms with van der Waals surface area (Å²) in [5, 5.41) is 2.14. The Labute approximate surface area is 106 Å². The van der Waals surface area contributed by atoms with E-state index in [1.165, 1.54) is 0 Å². The molecule has 2 aromatic rings. The molecular weight excluding hydrogens is 224 g/mol. The third-order valence-electron chi connectivity index (χ3n) is 3.41. The minimum absolute atomic E-state index is 0.241. The normalized spacial score (nSPS) is 14.9. The van der Waals surface area contributed by atoms with Crippen LogP contribution in [0.2, 0.25) is 0 Å². The van der Waals surface area contributed by atoms with Crippen molar-refractivity contribution in [2.75, 3.05) is 7.11 Å². The van der Waals surface area contributed by atoms with E-state index >= 15 is 0 Å². The summed E-state index contributed by atoms with van der Waals surface area (Å²) in [6, 6.07) is 12.0. The van der Waals surface area contributed by atoms with Gasteiger partial charge in [-0.25, -0.2) is 0 Å². The highest BCUT2D eigenvalue weighted by atomic mass is 16.5. The van der Waals surface area contributed by atoms with E-state index in [-0.39, 0.29) is 5.78 Å². The van der Waals surface area contributed by atoms with Crippen LogP contribution in [0.4, 0.5) is 0 Å². The van der Waals surface area contributed by atoms with E-state index in [4.69, 9.17) is 4.74 Å². The van der Waals surface area contributed by atoms with Crippen LogP contribution in [0.5, 0.6) is 5.75 Å². The van der Waals surface area contributed by atoms with Crippen LogP contribution in [0.25, 0.3) is 16.3 Å². The van der Waals surface area contributed by atoms with Crippen molar-refractivity contribution in [3.8, 4) is 5.75 Å². The van der Waals surface area contributed by atoms with E-state index in [0.29, 0.717) is 6.42 Å². The second-order valence-electron chi connectivity index (χ2n) is 4.44. The number of methoxy groups -OCH3 is 1. The number of hydrogen-bond acceptors (Lipinski definition) is 2. The Bertz CT molecular complexity index is 653. The monoisotopic (exact) mass is 238 g/mol. The molecule has 0 amide bonds. The summed E-state index contributed by atoms with van der Waals surface area (Å²) in [4.78, 5) is 11.9. The van der Waals surface area contributed by atoms with Gasteiger partial charge in [0.2, 0.25) is 0 Å². The third-order valence-corrected chi connectivity index (χ3v) is 3.41. The first-order chi connectivity index (χ1) is 8.81. The van der Waals surface area contributed by atoms with Gasteiger partial charge in [0.05, 0.1) is 7.11 Å². The molecular formula is C16H14O2. The van der Waals surface area contributed by atoms with Gasteiger partial charge >= 0.3 is 0 Å². The van der Waals surface area contributed by atoms with Crippen LogP contribution >= 0.6 is 0 Å². The standard InChI is InChI=1S/C16H14O2/c1-18-16-10-9-12(13-7-4-8-15(13)17)11-5-2-3-6-14(11)16/h2-3,5-7,9-10H,4,8H2,1H3. The largest absolute Gasteiger partial charge is 0.496 e. The molecule has 0 aromatic heterocycles. The first-order valence-corrected chi connectivity index (χ1v) is 6.11. The van der Waals surface area contributed by atoms with Gasteiger partial charge in [0.1, 0.15) is 5.75 Å². The first-order valence-electron chi connectivity index (χ1n) is 6.11. The van der Waals surface area contributed by atoms with Crippen molar-refractivity contribution in [2.24, 2.45) is 0 Å². The van der Waals surface area contributed by atoms with E-state index in [2.05, 4.69) is 0 Å². The van der Waals surface area contributed by atoms with Gasteiger partial charge in [0, 0.05) is 17.4 Å². The fourth-order valence-corrected chi connectivity index (χ4v) is 2.54. The lowest BCUT2D eigenvalue weighted by atomic mass is 9.97. The molecule has 2 heteroatoms. The lowest BCUT2D eigenvalue weighted by Crippen LogP contribution is -1.96. The minimum atomic E-state index is 0.241. The van der Waals surface area contributed by atoms with Crippen molar-refractivity contribution in [3.63, 3.8) is 0 Å². The van der Waals surface area contributed by atoms with Crippen LogP contribution in [-0.4, -0.2) is 12.9 Å². The topological polar surface area (TPSA) is 26.3 Å². The summed E-state index contributed by atoms with van der Waals surface area (Å²) in [6.07, 6.45) is 3.53. The molecule has 0 atom stereocenters. The minimum Gasteiger partial charge on any atom is -0.496 e. The Hall–Kier alpha value is -2.09. The molecule has 1 aliphatic rings. The first kappa shape index (κ1) is 11.0. The second kappa shape index (κ2) is 4.30. The van der Waals surface area contributed by atoms with Gasteiger partial charge in [0.25, 0.3) is 0 Å². The van der Waals surface area contributed by atoms with Gasteiger partial charge in [-0.3, -0.25) is 4.79 Å². The van der Waals surface area contributed by atoms with E-state index in [1.54, 1.807) is 7.11 Å². The zero-order chi connectivity index (χ0) is 12.5. The number of rotatable bonds is 2. The zero-order valence-electron chi connectivity index (χ0n) is 10.3. The van der Waals surface area contributed by atoms with Gasteiger partial charge in [-0.05, 0) is 29.5 Å². The molecule has 3 rings (SSSR count). The van der Waals surface area contributed by atoms with E-state index < -0.39 is 0 Å². The van der Waals surface area contributed by atoms with Crippen molar-refractivity contribution in [3.05, 3.63) is 48.0 Å². The highest BCUT2D eigenvalue weighted by molar-refractivity contribution is 6.25. The second-order valence-corrected chi connectivity index (χ2v) is 4.44. The summed E-state index contributed by atoms with van der Waals surface area (Å²) < 4.78 is 5.37. The average molecular weight is 238 g/mol. The molecule has 1 aliphatic carbocycles. The molecule has 0 saturated carbocycles. The van der Waals surface area contributed by atoms with Crippen LogP contribution in [0, 0.1) is 0 Å². The number of fused-ring (bicyclic) bond motifs is 1. The van der Waals surface area contributed by atoms with Crippen molar-refractivity contribution in [2.45, 2.75) is 12.8 Å². The van der Waals surface area contributed by atoms with Crippen LogP contribution in [-0.2, 0) is 4.79 Å². The molecule has 2 nitrogen and oxygen atoms in total. The third kappa shape index (κ3) is 1.61. The highest BCUT2D eigenvalue weighted by Crippen LogP contribution is 2.34. The molecule has 0 saturated heterocycles. The van der Waals surface area contributed by atoms with Crippen molar-refractivity contribution in [1.29, 1.82) is 0 Å². The van der Waals surface area contributed by atoms with Crippen LogP contribution < -0.4 is 4.74 Å². The number of ether oxygens (including phenoxy) is 1. The molecule has 0 bridgehead atoms. The maximum absolute atomic E-state index is 11.9. The molecule has 0 N–H and O–H groups in total. The number of Topliss-reactive ketones (excluding diaryl/α,β-unsaturated/α-hetero) is 1. The van der Waals surface area contributed by atoms with Gasteiger partial charge in [0.15, 0.2) is 5.78 Å². The number of carbonyl (C=O) groups is 1. The van der Waals surface area contributed by atoms with Crippen molar-refractivity contribution in [1.82, 2.24) is 0 Å². The van der Waals surface area contributed by atoms with Crippen molar-refractivity contribution >= 4 is 22.1 Å². The molecule has 18 heavy (non-hydrogen) atoms. The molecule has 0 aliphatic heterocycles. The van der Waals surface area contributed by atoms with Gasteiger partial charge in [-0.15, -0.1) is 0 Å². The Balaban J connectivity index is 2.28. The Morgan fingerprint density at radius 3 is 2.50 bits per heavy atom. The Kier molecular flexibility index (Phi) is 2.63. The average Bonchev–Trinajstić information content (AvgIpc) is 2.83. The SMILES string of the molecule is COc1ccc(C2=CCCC2=O)c2ccccc12. The number of ketones is 1. The summed E-state index contributed by atoms with van der Waals surface area (Å²) in [5.74, 6) is 1.09. The number of benzene rings is 2. The van der Waals surface area contributed by atoms with Gasteiger partial charge < -0.3 is 4.74 Å². The van der Waals surface area contributed by atoms with Crippen LogP contribution in [0.1, 0.15) is 18.4 Å². The molecule has 0 radical (unpaired) electrons. The van der Waals surface area contributed by atoms with E-state index in [9.17, 15) is 4.79 Å². The molecule has 0 fully saturated rings. The molecule has 90 valence electrons. The lowest BCUT2D eigenvalue weighted by Gasteiger charge is -2.10. The maximum Gasteiger partial charge on any atom is 0.163 e. The Morgan fingerprint density at radius 1 is 1.06 bits per heavy atom. The molecule has 0 spiro atoms. The summed E-state index contributed by atoms with van der Waals surface area (Å²) in [6.45, 7) is 0. The quantitative estimate of drug-likeness (QED) is 0.799. The van der Waals surface area contributed by atoms with Crippen LogP contribution in [0.15, 0.2) is 42.5 Å². The molecule has 2 aromatic carbocycles. The fourth-order valence-electron chi connectivity index (χ4n) is 2.54. The number of hydrogen-bond donors (Lipinski definition) is 0. The summed E-state index contributed by atoms with van der Waals surface area (Å²) in [7, 11) is 1.67. The maximum atomic E-state index is 11.9. The molecule has 0 heterocycles. The number of allylic oxidation sites excluding steroid dienone is 2. The summed E-state index contributed by atoms with van der Waals surface area (Å²) in [5.41, 5.74) is 1.88. The van der Waals surface area contributed by atoms with Gasteiger partial charge in [-0.2, -0.15) is 0 Å². The molecule has 0 unspecified atom stereocenters. The zero-order valence-corrected chi connectivity index (χ0v) is 10.3. The smallest absolute Gasteiger partial charge is 0.163 e. The van der Waals surface area contributed by atoms with E-state index in [1.807, 2.05) is 42.5 Å². The Morgan fingerprint density at radius 2 is 1.83 bits per heavy atom. The summed E-state index contributed by atoms with van der Waals surface area (Å²) >= 11 is 0. The highest BCUT2D eigenvalue weighted by Gasteiger charge is 2.19. The fraction of sp³-hybridized carbons (Fsp3) is 0.188. The van der Waals surface area contributed by atoms with Crippen molar-refractivity contribution < 1.29 is 9.53 Å². The van der Waals surface area contributed by atoms with E-state index in [0.717, 1.165) is 34.1 Å². The van der Waals surface area contributed by atoms with Crippen LogP contribution in [0.3, 0.4) is 0 Å². The number of carbonyl (C=O) groups excluding carboxylic acids is 1. The lowest BCUT2D eigenvalue weighted by molar-refractivity contribution is -0.113. The van der Waals surface area contributed by atoms with Gasteiger partial charge in [-0.1, -0.05) is 30.3 Å².